The van der Waals surface area contributed by atoms with Crippen molar-refractivity contribution >= 4 is 17.7 Å². The zero-order valence-corrected chi connectivity index (χ0v) is 15.5. The fourth-order valence-corrected chi connectivity index (χ4v) is 2.75. The summed E-state index contributed by atoms with van der Waals surface area (Å²) in [6.45, 7) is 1.33. The number of primary amides is 1. The molecule has 7 nitrogen and oxygen atoms in total. The quantitative estimate of drug-likeness (QED) is 0.629. The van der Waals surface area contributed by atoms with Crippen LogP contribution < -0.4 is 16.4 Å². The van der Waals surface area contributed by atoms with E-state index in [1.165, 1.54) is 6.92 Å². The highest BCUT2D eigenvalue weighted by atomic mass is 16.2. The van der Waals surface area contributed by atoms with Crippen LogP contribution in [0.15, 0.2) is 54.6 Å². The van der Waals surface area contributed by atoms with Gasteiger partial charge in [-0.2, -0.15) is 5.26 Å². The van der Waals surface area contributed by atoms with Crippen LogP contribution in [0, 0.1) is 11.3 Å². The van der Waals surface area contributed by atoms with Gasteiger partial charge >= 0.3 is 0 Å². The van der Waals surface area contributed by atoms with Gasteiger partial charge in [0.05, 0.1) is 11.6 Å². The first-order valence-electron chi connectivity index (χ1n) is 8.79. The number of hydrogen-bond donors (Lipinski definition) is 3. The zero-order valence-electron chi connectivity index (χ0n) is 15.5. The minimum atomic E-state index is -0.938. The molecule has 0 aliphatic carbocycles. The molecule has 0 heterocycles. The minimum Gasteiger partial charge on any atom is -0.368 e. The highest BCUT2D eigenvalue weighted by Crippen LogP contribution is 2.08. The third-order valence-corrected chi connectivity index (χ3v) is 4.16. The van der Waals surface area contributed by atoms with E-state index in [1.54, 1.807) is 24.3 Å². The van der Waals surface area contributed by atoms with Crippen molar-refractivity contribution in [2.75, 3.05) is 0 Å². The van der Waals surface area contributed by atoms with Crippen molar-refractivity contribution in [2.45, 2.75) is 31.8 Å². The Morgan fingerprint density at radius 3 is 2.04 bits per heavy atom. The van der Waals surface area contributed by atoms with Gasteiger partial charge in [0, 0.05) is 19.8 Å². The summed E-state index contributed by atoms with van der Waals surface area (Å²) in [5, 5.41) is 14.1. The SMILES string of the molecule is CC(=O)N[C@H](Cc1ccccc1)C(=O)N[C@H](Cc1ccc(C#N)cc1)C(N)=O. The molecule has 0 fully saturated rings. The van der Waals surface area contributed by atoms with Crippen molar-refractivity contribution in [3.8, 4) is 6.07 Å². The predicted molar refractivity (Wildman–Crippen MR) is 104 cm³/mol. The van der Waals surface area contributed by atoms with Gasteiger partial charge in [0.25, 0.3) is 0 Å². The fourth-order valence-electron chi connectivity index (χ4n) is 2.75. The number of rotatable bonds is 8. The van der Waals surface area contributed by atoms with Crippen molar-refractivity contribution in [1.82, 2.24) is 10.6 Å². The van der Waals surface area contributed by atoms with E-state index in [1.807, 2.05) is 36.4 Å². The maximum absolute atomic E-state index is 12.7. The second-order valence-electron chi connectivity index (χ2n) is 6.42. The van der Waals surface area contributed by atoms with Crippen LogP contribution in [-0.4, -0.2) is 29.8 Å². The molecule has 144 valence electrons. The van der Waals surface area contributed by atoms with E-state index >= 15 is 0 Å². The second kappa shape index (κ2) is 9.88. The number of benzene rings is 2. The van der Waals surface area contributed by atoms with E-state index in [-0.39, 0.29) is 18.7 Å². The Morgan fingerprint density at radius 2 is 1.50 bits per heavy atom. The summed E-state index contributed by atoms with van der Waals surface area (Å²) < 4.78 is 0. The highest BCUT2D eigenvalue weighted by Gasteiger charge is 2.25. The van der Waals surface area contributed by atoms with E-state index < -0.39 is 23.9 Å². The smallest absolute Gasteiger partial charge is 0.243 e. The molecular weight excluding hydrogens is 356 g/mol. The first-order chi connectivity index (χ1) is 13.4. The molecule has 7 heteroatoms. The summed E-state index contributed by atoms with van der Waals surface area (Å²) in [5.74, 6) is -1.52. The van der Waals surface area contributed by atoms with Gasteiger partial charge < -0.3 is 16.4 Å². The number of nitrogens with two attached hydrogens (primary N) is 1. The fraction of sp³-hybridized carbons (Fsp3) is 0.238. The molecule has 0 aromatic heterocycles. The Labute approximate surface area is 163 Å². The average Bonchev–Trinajstić information content (AvgIpc) is 2.67. The van der Waals surface area contributed by atoms with E-state index in [2.05, 4.69) is 10.6 Å². The van der Waals surface area contributed by atoms with Gasteiger partial charge in [-0.3, -0.25) is 14.4 Å². The van der Waals surface area contributed by atoms with Gasteiger partial charge in [-0.15, -0.1) is 0 Å². The first-order valence-corrected chi connectivity index (χ1v) is 8.79. The van der Waals surface area contributed by atoms with Crippen LogP contribution in [0.4, 0.5) is 0 Å². The van der Waals surface area contributed by atoms with Crippen LogP contribution in [0.3, 0.4) is 0 Å². The number of hydrogen-bond acceptors (Lipinski definition) is 4. The van der Waals surface area contributed by atoms with Gasteiger partial charge in [-0.1, -0.05) is 42.5 Å². The molecule has 0 saturated heterocycles. The molecule has 4 N–H and O–H groups in total. The number of carbonyl (C=O) groups excluding carboxylic acids is 3. The number of amides is 3. The minimum absolute atomic E-state index is 0.185. The van der Waals surface area contributed by atoms with Crippen molar-refractivity contribution in [2.24, 2.45) is 5.73 Å². The molecule has 2 rings (SSSR count). The Balaban J connectivity index is 2.11. The monoisotopic (exact) mass is 378 g/mol. The number of nitrogens with one attached hydrogen (secondary N) is 2. The summed E-state index contributed by atoms with van der Waals surface area (Å²) in [6, 6.07) is 16.2. The van der Waals surface area contributed by atoms with Gasteiger partial charge in [0.15, 0.2) is 0 Å². The zero-order chi connectivity index (χ0) is 20.5. The van der Waals surface area contributed by atoms with E-state index in [9.17, 15) is 14.4 Å². The number of carbonyl (C=O) groups is 3. The molecule has 0 aliphatic heterocycles. The van der Waals surface area contributed by atoms with E-state index in [0.29, 0.717) is 5.56 Å². The van der Waals surface area contributed by atoms with Gasteiger partial charge in [-0.25, -0.2) is 0 Å². The van der Waals surface area contributed by atoms with Crippen LogP contribution in [0.5, 0.6) is 0 Å². The Bertz CT molecular complexity index is 873. The highest BCUT2D eigenvalue weighted by molar-refractivity contribution is 5.91. The summed E-state index contributed by atoms with van der Waals surface area (Å²) in [6.07, 6.45) is 0.472. The van der Waals surface area contributed by atoms with Crippen LogP contribution in [0.1, 0.15) is 23.6 Å². The maximum Gasteiger partial charge on any atom is 0.243 e. The summed E-state index contributed by atoms with van der Waals surface area (Å²) >= 11 is 0. The molecule has 0 spiro atoms. The van der Waals surface area contributed by atoms with Crippen LogP contribution >= 0.6 is 0 Å². The Kier molecular flexibility index (Phi) is 7.28. The van der Waals surface area contributed by atoms with E-state index in [0.717, 1.165) is 11.1 Å². The number of nitriles is 1. The molecule has 2 aromatic rings. The maximum atomic E-state index is 12.7. The van der Waals surface area contributed by atoms with Crippen LogP contribution in [0.2, 0.25) is 0 Å². The normalized spacial score (nSPS) is 12.3. The summed E-state index contributed by atoms with van der Waals surface area (Å²) in [5.41, 5.74) is 7.57. The van der Waals surface area contributed by atoms with Crippen molar-refractivity contribution in [3.63, 3.8) is 0 Å². The topological polar surface area (TPSA) is 125 Å². The second-order valence-corrected chi connectivity index (χ2v) is 6.42. The van der Waals surface area contributed by atoms with Gasteiger partial charge in [0.1, 0.15) is 12.1 Å². The lowest BCUT2D eigenvalue weighted by atomic mass is 10.0. The predicted octanol–water partition coefficient (Wildman–Crippen LogP) is 0.818. The molecule has 3 amide bonds. The average molecular weight is 378 g/mol. The van der Waals surface area contributed by atoms with Crippen LogP contribution in [-0.2, 0) is 27.2 Å². The lowest BCUT2D eigenvalue weighted by Gasteiger charge is -2.22. The molecule has 28 heavy (non-hydrogen) atoms. The third-order valence-electron chi connectivity index (χ3n) is 4.16. The Hall–Kier alpha value is -3.66. The van der Waals surface area contributed by atoms with Gasteiger partial charge in [-0.05, 0) is 23.3 Å². The van der Waals surface area contributed by atoms with Crippen LogP contribution in [0.25, 0.3) is 0 Å². The van der Waals surface area contributed by atoms with E-state index in [4.69, 9.17) is 11.0 Å². The van der Waals surface area contributed by atoms with Crippen molar-refractivity contribution < 1.29 is 14.4 Å². The molecule has 0 radical (unpaired) electrons. The molecule has 2 aromatic carbocycles. The molecule has 0 unspecified atom stereocenters. The summed E-state index contributed by atoms with van der Waals surface area (Å²) in [7, 11) is 0. The molecule has 0 bridgehead atoms. The standard InChI is InChI=1S/C21H22N4O3/c1-14(26)24-19(12-15-5-3-2-4-6-15)21(28)25-18(20(23)27)11-16-7-9-17(13-22)10-8-16/h2-10,18-19H,11-12H2,1H3,(H2,23,27)(H,24,26)(H,25,28)/t18-,19-/m1/s1. The lowest BCUT2D eigenvalue weighted by molar-refractivity contribution is -0.130. The number of nitrogens with zero attached hydrogens (tertiary/aromatic N) is 1. The molecule has 2 atom stereocenters. The molecule has 0 saturated carbocycles. The molecule has 0 aliphatic rings. The Morgan fingerprint density at radius 1 is 0.929 bits per heavy atom. The lowest BCUT2D eigenvalue weighted by Crippen LogP contribution is -2.54. The van der Waals surface area contributed by atoms with Gasteiger partial charge in [0.2, 0.25) is 17.7 Å². The molecular formula is C21H22N4O3. The largest absolute Gasteiger partial charge is 0.368 e. The first kappa shape index (κ1) is 20.6. The van der Waals surface area contributed by atoms with Crippen molar-refractivity contribution in [3.05, 3.63) is 71.3 Å². The van der Waals surface area contributed by atoms with Crippen molar-refractivity contribution in [1.29, 1.82) is 5.26 Å². The summed E-state index contributed by atoms with van der Waals surface area (Å²) in [4.78, 5) is 36.1. The third kappa shape index (κ3) is 6.25.